The van der Waals surface area contributed by atoms with Crippen LogP contribution in [0, 0.1) is 0 Å². The highest BCUT2D eigenvalue weighted by molar-refractivity contribution is 4.60. The van der Waals surface area contributed by atoms with Crippen LogP contribution in [0.15, 0.2) is 0 Å². The van der Waals surface area contributed by atoms with Gasteiger partial charge in [0.2, 0.25) is 0 Å². The summed E-state index contributed by atoms with van der Waals surface area (Å²) in [5, 5.41) is 2.46. The van der Waals surface area contributed by atoms with Gasteiger partial charge in [0.25, 0.3) is 0 Å². The van der Waals surface area contributed by atoms with Gasteiger partial charge in [0.05, 0.1) is 26.2 Å². The molecule has 0 radical (unpaired) electrons. The first-order valence-corrected chi connectivity index (χ1v) is 6.84. The van der Waals surface area contributed by atoms with Crippen LogP contribution in [0.4, 0.5) is 0 Å². The second-order valence-electron chi connectivity index (χ2n) is 5.44. The van der Waals surface area contributed by atoms with Gasteiger partial charge in [0, 0.05) is 6.42 Å². The molecule has 3 nitrogen and oxygen atoms in total. The van der Waals surface area contributed by atoms with Gasteiger partial charge in [-0.25, -0.2) is 0 Å². The Labute approximate surface area is 93.8 Å². The van der Waals surface area contributed by atoms with Gasteiger partial charge in [-0.05, 0) is 19.3 Å². The summed E-state index contributed by atoms with van der Waals surface area (Å²) in [5.74, 6) is 0. The fourth-order valence-corrected chi connectivity index (χ4v) is 3.15. The van der Waals surface area contributed by atoms with Crippen LogP contribution in [-0.4, -0.2) is 52.4 Å². The van der Waals surface area contributed by atoms with E-state index in [2.05, 4.69) is 12.4 Å². The van der Waals surface area contributed by atoms with E-state index in [0.717, 1.165) is 6.04 Å². The summed E-state index contributed by atoms with van der Waals surface area (Å²) in [5.41, 5.74) is 0. The van der Waals surface area contributed by atoms with Crippen LogP contribution in [0.25, 0.3) is 0 Å². The molecule has 0 aromatic rings. The summed E-state index contributed by atoms with van der Waals surface area (Å²) in [6, 6.07) is 0.970. The summed E-state index contributed by atoms with van der Waals surface area (Å²) >= 11 is 0. The largest absolute Gasteiger partial charge is 0.337 e. The summed E-state index contributed by atoms with van der Waals surface area (Å²) < 4.78 is 0. The fourth-order valence-electron chi connectivity index (χ4n) is 3.15. The number of nitrogens with two attached hydrogens (primary N) is 1. The van der Waals surface area contributed by atoms with Crippen LogP contribution < -0.4 is 15.1 Å². The Bertz CT molecular complexity index is 178. The predicted octanol–water partition coefficient (Wildman–Crippen LogP) is -3.09. The molecule has 0 aromatic heterocycles. The summed E-state index contributed by atoms with van der Waals surface area (Å²) in [4.78, 5) is 3.65. The number of rotatable bonds is 3. The molecule has 88 valence electrons. The minimum Gasteiger partial charge on any atom is -0.337 e. The number of piperidine rings is 1. The van der Waals surface area contributed by atoms with Crippen LogP contribution in [-0.2, 0) is 0 Å². The number of nitrogens with one attached hydrogen (secondary N) is 2. The smallest absolute Gasteiger partial charge is 0.127 e. The lowest BCUT2D eigenvalue weighted by Gasteiger charge is -2.31. The zero-order valence-corrected chi connectivity index (χ0v) is 10.2. The molecule has 0 spiro atoms. The highest BCUT2D eigenvalue weighted by Crippen LogP contribution is 2.04. The SMILES string of the molecule is C[NH+]1CCCC[C@@H]1CC[NH+]1CC[NH2+]CC1. The van der Waals surface area contributed by atoms with Crippen molar-refractivity contribution in [3.8, 4) is 0 Å². The summed E-state index contributed by atoms with van der Waals surface area (Å²) in [6.45, 7) is 8.33. The highest BCUT2D eigenvalue weighted by atomic mass is 15.2. The molecule has 2 fully saturated rings. The Balaban J connectivity index is 1.67. The summed E-state index contributed by atoms with van der Waals surface area (Å²) in [7, 11) is 2.39. The Kier molecular flexibility index (Phi) is 4.42. The van der Waals surface area contributed by atoms with Crippen molar-refractivity contribution < 1.29 is 15.1 Å². The Hall–Kier alpha value is -0.120. The molecule has 0 amide bonds. The topological polar surface area (TPSA) is 25.5 Å². The van der Waals surface area contributed by atoms with Gasteiger partial charge in [-0.1, -0.05) is 0 Å². The van der Waals surface area contributed by atoms with Gasteiger partial charge in [-0.2, -0.15) is 0 Å². The zero-order chi connectivity index (χ0) is 10.5. The first-order valence-electron chi connectivity index (χ1n) is 6.84. The highest BCUT2D eigenvalue weighted by Gasteiger charge is 2.25. The minimum atomic E-state index is 0.970. The monoisotopic (exact) mass is 214 g/mol. The molecule has 2 aliphatic heterocycles. The molecule has 4 N–H and O–H groups in total. The van der Waals surface area contributed by atoms with E-state index in [0.29, 0.717) is 0 Å². The van der Waals surface area contributed by atoms with Crippen LogP contribution in [0.2, 0.25) is 0 Å². The lowest BCUT2D eigenvalue weighted by atomic mass is 10.00. The molecule has 0 saturated carbocycles. The maximum atomic E-state index is 2.46. The number of hydrogen-bond donors (Lipinski definition) is 3. The van der Waals surface area contributed by atoms with E-state index in [4.69, 9.17) is 0 Å². The minimum absolute atomic E-state index is 0.970. The van der Waals surface area contributed by atoms with E-state index in [-0.39, 0.29) is 0 Å². The number of hydrogen-bond acceptors (Lipinski definition) is 0. The van der Waals surface area contributed by atoms with Gasteiger partial charge >= 0.3 is 0 Å². The van der Waals surface area contributed by atoms with Gasteiger partial charge < -0.3 is 15.1 Å². The second-order valence-corrected chi connectivity index (χ2v) is 5.44. The van der Waals surface area contributed by atoms with Crippen molar-refractivity contribution in [1.82, 2.24) is 0 Å². The van der Waals surface area contributed by atoms with Crippen LogP contribution >= 0.6 is 0 Å². The normalized spacial score (nSPS) is 34.2. The van der Waals surface area contributed by atoms with E-state index < -0.39 is 0 Å². The molecule has 2 rings (SSSR count). The quantitative estimate of drug-likeness (QED) is 0.444. The zero-order valence-electron chi connectivity index (χ0n) is 10.2. The summed E-state index contributed by atoms with van der Waals surface area (Å²) in [6.07, 6.45) is 5.87. The third-order valence-electron chi connectivity index (χ3n) is 4.32. The lowest BCUT2D eigenvalue weighted by molar-refractivity contribution is -0.955. The van der Waals surface area contributed by atoms with Crippen molar-refractivity contribution in [2.24, 2.45) is 0 Å². The Morgan fingerprint density at radius 3 is 2.67 bits per heavy atom. The van der Waals surface area contributed by atoms with Gasteiger partial charge in [0.1, 0.15) is 26.2 Å². The molecule has 0 aromatic carbocycles. The van der Waals surface area contributed by atoms with Gasteiger partial charge in [-0.15, -0.1) is 0 Å². The molecule has 3 heteroatoms. The lowest BCUT2D eigenvalue weighted by Crippen LogP contribution is -3.21. The average molecular weight is 214 g/mol. The van der Waals surface area contributed by atoms with Crippen molar-refractivity contribution in [2.45, 2.75) is 31.7 Å². The first kappa shape index (κ1) is 11.4. The standard InChI is InChI=1S/C12H25N3/c1-14-8-3-2-4-12(14)5-9-15-10-6-13-7-11-15/h12-13H,2-11H2,1H3/p+3/t12-/m1/s1. The fraction of sp³-hybridized carbons (Fsp3) is 1.00. The second kappa shape index (κ2) is 5.83. The van der Waals surface area contributed by atoms with E-state index in [1.807, 2.05) is 4.90 Å². The average Bonchev–Trinajstić information content (AvgIpc) is 2.29. The van der Waals surface area contributed by atoms with Crippen molar-refractivity contribution in [2.75, 3.05) is 46.3 Å². The molecule has 2 aliphatic rings. The number of piperazine rings is 1. The van der Waals surface area contributed by atoms with Gasteiger partial charge in [0.15, 0.2) is 0 Å². The van der Waals surface area contributed by atoms with E-state index in [9.17, 15) is 0 Å². The molecule has 2 heterocycles. The molecule has 0 bridgehead atoms. The third-order valence-corrected chi connectivity index (χ3v) is 4.32. The predicted molar refractivity (Wildman–Crippen MR) is 61.2 cm³/mol. The molecule has 0 aliphatic carbocycles. The van der Waals surface area contributed by atoms with Crippen LogP contribution in [0.1, 0.15) is 25.7 Å². The van der Waals surface area contributed by atoms with Crippen molar-refractivity contribution >= 4 is 0 Å². The molecular formula is C12H28N3+3. The first-order chi connectivity index (χ1) is 7.36. The van der Waals surface area contributed by atoms with Gasteiger partial charge in [-0.3, -0.25) is 0 Å². The molecule has 2 saturated heterocycles. The number of likely N-dealkylation sites (tertiary alicyclic amines) is 1. The Morgan fingerprint density at radius 1 is 1.13 bits per heavy atom. The molecular weight excluding hydrogens is 186 g/mol. The van der Waals surface area contributed by atoms with Crippen molar-refractivity contribution in [1.29, 1.82) is 0 Å². The van der Waals surface area contributed by atoms with Crippen molar-refractivity contribution in [3.05, 3.63) is 0 Å². The Morgan fingerprint density at radius 2 is 1.93 bits per heavy atom. The molecule has 15 heavy (non-hydrogen) atoms. The number of quaternary nitrogens is 3. The third kappa shape index (κ3) is 3.44. The molecule has 2 atom stereocenters. The molecule has 1 unspecified atom stereocenters. The van der Waals surface area contributed by atoms with Crippen molar-refractivity contribution in [3.63, 3.8) is 0 Å². The van der Waals surface area contributed by atoms with E-state index >= 15 is 0 Å². The van der Waals surface area contributed by atoms with E-state index in [1.165, 1.54) is 65.0 Å². The van der Waals surface area contributed by atoms with E-state index in [1.54, 1.807) is 4.90 Å². The maximum absolute atomic E-state index is 2.46. The maximum Gasteiger partial charge on any atom is 0.127 e. The van der Waals surface area contributed by atoms with Crippen LogP contribution in [0.3, 0.4) is 0 Å². The van der Waals surface area contributed by atoms with Crippen LogP contribution in [0.5, 0.6) is 0 Å².